The molecular weight excluding hydrogens is 334 g/mol. The lowest BCUT2D eigenvalue weighted by Crippen LogP contribution is -3.08. The van der Waals surface area contributed by atoms with E-state index in [-0.39, 0.29) is 12.5 Å². The van der Waals surface area contributed by atoms with E-state index in [4.69, 9.17) is 15.2 Å². The maximum Gasteiger partial charge on any atom is 0.279 e. The quantitative estimate of drug-likeness (QED) is 0.639. The number of carbonyl (C=O) groups excluding carboxylic acids is 2. The lowest BCUT2D eigenvalue weighted by Gasteiger charge is -2.17. The number of hydrogen-bond donors (Lipinski definition) is 3. The number of benzene rings is 2. The molecule has 2 aromatic rings. The second kappa shape index (κ2) is 8.87. The standard InChI is InChI=1S/C19H23N3O4/c1-22(11-14-5-4-6-16(25-2)18(14)26-3)12-17(23)21-15-9-7-13(8-10-15)19(20)24/h4-10H,11-12H2,1-3H3,(H2,20,24)(H,21,23)/p+1. The minimum absolute atomic E-state index is 0.129. The van der Waals surface area contributed by atoms with E-state index < -0.39 is 5.91 Å². The van der Waals surface area contributed by atoms with E-state index in [0.717, 1.165) is 10.5 Å². The number of nitrogens with one attached hydrogen (secondary N) is 2. The number of likely N-dealkylation sites (N-methyl/N-ethyl adjacent to an activating group) is 1. The summed E-state index contributed by atoms with van der Waals surface area (Å²) >= 11 is 0. The van der Waals surface area contributed by atoms with Crippen LogP contribution in [0.4, 0.5) is 5.69 Å². The van der Waals surface area contributed by atoms with Gasteiger partial charge in [-0.25, -0.2) is 0 Å². The molecule has 0 aliphatic heterocycles. The third-order valence-corrected chi connectivity index (χ3v) is 3.89. The minimum atomic E-state index is -0.501. The molecule has 0 aliphatic rings. The van der Waals surface area contributed by atoms with Crippen molar-refractivity contribution in [2.24, 2.45) is 5.73 Å². The second-order valence-corrected chi connectivity index (χ2v) is 5.95. The number of quaternary nitrogens is 1. The van der Waals surface area contributed by atoms with Gasteiger partial charge in [0.2, 0.25) is 5.91 Å². The Morgan fingerprint density at radius 3 is 2.35 bits per heavy atom. The summed E-state index contributed by atoms with van der Waals surface area (Å²) in [7, 11) is 5.11. The molecular formula is C19H24N3O4+. The Morgan fingerprint density at radius 1 is 1.08 bits per heavy atom. The van der Waals surface area contributed by atoms with Gasteiger partial charge in [0.25, 0.3) is 5.91 Å². The van der Waals surface area contributed by atoms with Crippen molar-refractivity contribution in [3.05, 3.63) is 53.6 Å². The summed E-state index contributed by atoms with van der Waals surface area (Å²) in [5, 5.41) is 2.81. The number of methoxy groups -OCH3 is 2. The van der Waals surface area contributed by atoms with Gasteiger partial charge in [-0.15, -0.1) is 0 Å². The van der Waals surface area contributed by atoms with Gasteiger partial charge in [0.1, 0.15) is 6.54 Å². The molecule has 2 aromatic carbocycles. The van der Waals surface area contributed by atoms with Crippen LogP contribution in [0.2, 0.25) is 0 Å². The van der Waals surface area contributed by atoms with E-state index in [1.165, 1.54) is 0 Å². The van der Waals surface area contributed by atoms with Gasteiger partial charge in [-0.2, -0.15) is 0 Å². The van der Waals surface area contributed by atoms with Gasteiger partial charge < -0.3 is 25.4 Å². The lowest BCUT2D eigenvalue weighted by atomic mass is 10.1. The van der Waals surface area contributed by atoms with Crippen LogP contribution in [-0.4, -0.2) is 39.6 Å². The number of para-hydroxylation sites is 1. The molecule has 4 N–H and O–H groups in total. The van der Waals surface area contributed by atoms with Crippen LogP contribution in [0.5, 0.6) is 11.5 Å². The van der Waals surface area contributed by atoms with Crippen molar-refractivity contribution in [3.8, 4) is 11.5 Å². The van der Waals surface area contributed by atoms with Gasteiger partial charge in [-0.05, 0) is 36.4 Å². The van der Waals surface area contributed by atoms with E-state index in [9.17, 15) is 9.59 Å². The molecule has 2 rings (SSSR count). The van der Waals surface area contributed by atoms with Crippen molar-refractivity contribution in [2.75, 3.05) is 33.1 Å². The summed E-state index contributed by atoms with van der Waals surface area (Å²) in [5.41, 5.74) is 7.18. The lowest BCUT2D eigenvalue weighted by molar-refractivity contribution is -0.885. The molecule has 7 heteroatoms. The van der Waals surface area contributed by atoms with Gasteiger partial charge in [-0.1, -0.05) is 6.07 Å². The Hall–Kier alpha value is -3.06. The molecule has 1 atom stereocenters. The van der Waals surface area contributed by atoms with Gasteiger partial charge >= 0.3 is 0 Å². The fourth-order valence-corrected chi connectivity index (χ4v) is 2.68. The Balaban J connectivity index is 1.96. The number of carbonyl (C=O) groups is 2. The van der Waals surface area contributed by atoms with E-state index in [1.807, 2.05) is 25.2 Å². The molecule has 0 bridgehead atoms. The first-order valence-corrected chi connectivity index (χ1v) is 8.15. The average Bonchev–Trinajstić information content (AvgIpc) is 2.61. The molecule has 1 unspecified atom stereocenters. The number of anilines is 1. The number of ether oxygens (including phenoxy) is 2. The highest BCUT2D eigenvalue weighted by Gasteiger charge is 2.16. The largest absolute Gasteiger partial charge is 0.493 e. The van der Waals surface area contributed by atoms with Crippen LogP contribution in [0.1, 0.15) is 15.9 Å². The topological polar surface area (TPSA) is 95.1 Å². The first-order valence-electron chi connectivity index (χ1n) is 8.15. The maximum absolute atomic E-state index is 12.2. The van der Waals surface area contributed by atoms with E-state index in [2.05, 4.69) is 5.32 Å². The highest BCUT2D eigenvalue weighted by atomic mass is 16.5. The van der Waals surface area contributed by atoms with E-state index >= 15 is 0 Å². The fraction of sp³-hybridized carbons (Fsp3) is 0.263. The maximum atomic E-state index is 12.2. The molecule has 0 aromatic heterocycles. The third-order valence-electron chi connectivity index (χ3n) is 3.89. The van der Waals surface area contributed by atoms with E-state index in [0.29, 0.717) is 29.3 Å². The first-order chi connectivity index (χ1) is 12.4. The molecule has 0 saturated carbocycles. The van der Waals surface area contributed by atoms with Crippen LogP contribution in [0.25, 0.3) is 0 Å². The van der Waals surface area contributed by atoms with Crippen LogP contribution in [0.15, 0.2) is 42.5 Å². The number of nitrogens with two attached hydrogens (primary N) is 1. The first kappa shape index (κ1) is 19.3. The monoisotopic (exact) mass is 358 g/mol. The summed E-state index contributed by atoms with van der Waals surface area (Å²) in [5.74, 6) is 0.712. The van der Waals surface area contributed by atoms with Gasteiger partial charge in [-0.3, -0.25) is 9.59 Å². The zero-order valence-electron chi connectivity index (χ0n) is 15.2. The van der Waals surface area contributed by atoms with Crippen LogP contribution in [0, 0.1) is 0 Å². The fourth-order valence-electron chi connectivity index (χ4n) is 2.68. The molecule has 0 heterocycles. The highest BCUT2D eigenvalue weighted by Crippen LogP contribution is 2.29. The van der Waals surface area contributed by atoms with Crippen molar-refractivity contribution in [1.82, 2.24) is 0 Å². The highest BCUT2D eigenvalue weighted by molar-refractivity contribution is 5.95. The van der Waals surface area contributed by atoms with Gasteiger partial charge in [0, 0.05) is 11.3 Å². The summed E-state index contributed by atoms with van der Waals surface area (Å²) in [6.45, 7) is 0.881. The van der Waals surface area contributed by atoms with Crippen molar-refractivity contribution < 1.29 is 24.0 Å². The van der Waals surface area contributed by atoms with Crippen LogP contribution in [0.3, 0.4) is 0 Å². The summed E-state index contributed by atoms with van der Waals surface area (Å²) in [4.78, 5) is 24.3. The predicted octanol–water partition coefficient (Wildman–Crippen LogP) is 0.456. The van der Waals surface area contributed by atoms with Crippen LogP contribution in [-0.2, 0) is 11.3 Å². The Kier molecular flexibility index (Phi) is 6.57. The van der Waals surface area contributed by atoms with Gasteiger partial charge in [0.15, 0.2) is 18.0 Å². The van der Waals surface area contributed by atoms with Crippen LogP contribution < -0.4 is 25.4 Å². The van der Waals surface area contributed by atoms with Crippen molar-refractivity contribution in [1.29, 1.82) is 0 Å². The Morgan fingerprint density at radius 2 is 1.77 bits per heavy atom. The number of primary amides is 1. The molecule has 0 saturated heterocycles. The summed E-state index contributed by atoms with van der Waals surface area (Å²) in [6, 6.07) is 12.1. The number of hydrogen-bond acceptors (Lipinski definition) is 4. The number of rotatable bonds is 8. The molecule has 0 fully saturated rings. The van der Waals surface area contributed by atoms with Crippen molar-refractivity contribution >= 4 is 17.5 Å². The molecule has 0 radical (unpaired) electrons. The number of amides is 2. The minimum Gasteiger partial charge on any atom is -0.493 e. The normalized spacial score (nSPS) is 11.5. The molecule has 138 valence electrons. The molecule has 0 spiro atoms. The SMILES string of the molecule is COc1cccc(C[NH+](C)CC(=O)Nc2ccc(C(N)=O)cc2)c1OC. The third kappa shape index (κ3) is 4.97. The van der Waals surface area contributed by atoms with Crippen LogP contribution >= 0.6 is 0 Å². The van der Waals surface area contributed by atoms with Crippen molar-refractivity contribution in [2.45, 2.75) is 6.54 Å². The zero-order chi connectivity index (χ0) is 19.1. The molecule has 2 amide bonds. The zero-order valence-corrected chi connectivity index (χ0v) is 15.2. The molecule has 26 heavy (non-hydrogen) atoms. The summed E-state index contributed by atoms with van der Waals surface area (Å²) in [6.07, 6.45) is 0. The Bertz CT molecular complexity index is 775. The smallest absolute Gasteiger partial charge is 0.279 e. The average molecular weight is 358 g/mol. The van der Waals surface area contributed by atoms with E-state index in [1.54, 1.807) is 38.5 Å². The predicted molar refractivity (Wildman–Crippen MR) is 98.6 cm³/mol. The van der Waals surface area contributed by atoms with Crippen molar-refractivity contribution in [3.63, 3.8) is 0 Å². The Labute approximate surface area is 152 Å². The van der Waals surface area contributed by atoms with Gasteiger partial charge in [0.05, 0.1) is 26.8 Å². The molecule has 0 aliphatic carbocycles. The second-order valence-electron chi connectivity index (χ2n) is 5.95. The molecule has 7 nitrogen and oxygen atoms in total. The summed E-state index contributed by atoms with van der Waals surface area (Å²) < 4.78 is 10.7.